The summed E-state index contributed by atoms with van der Waals surface area (Å²) in [5.74, 6) is 3.56. The van der Waals surface area contributed by atoms with Crippen molar-refractivity contribution >= 4 is 39.9 Å². The number of H-pyrrole nitrogens is 2. The number of para-hydroxylation sites is 1. The normalized spacial score (nSPS) is 12.3. The predicted molar refractivity (Wildman–Crippen MR) is 84.3 cm³/mol. The van der Waals surface area contributed by atoms with Crippen molar-refractivity contribution < 1.29 is 4.74 Å². The van der Waals surface area contributed by atoms with Crippen LogP contribution in [0.2, 0.25) is 0 Å². The number of hydrogen-bond donors (Lipinski definition) is 2. The minimum absolute atomic E-state index is 0.0278. The van der Waals surface area contributed by atoms with E-state index < -0.39 is 0 Å². The SMILES string of the molecule is S=c1nc(CSCCC(Br)Oc2ccccc2)[nH][nH]1. The van der Waals surface area contributed by atoms with Gasteiger partial charge < -0.3 is 4.74 Å². The lowest BCUT2D eigenvalue weighted by atomic mass is 10.3. The fourth-order valence-electron chi connectivity index (χ4n) is 1.42. The van der Waals surface area contributed by atoms with Crippen LogP contribution in [0.5, 0.6) is 5.75 Å². The first-order valence-electron chi connectivity index (χ1n) is 5.81. The third-order valence-electron chi connectivity index (χ3n) is 2.29. The number of nitrogens with one attached hydrogen (secondary N) is 2. The van der Waals surface area contributed by atoms with Crippen molar-refractivity contribution in [1.29, 1.82) is 0 Å². The molecule has 1 unspecified atom stereocenters. The lowest BCUT2D eigenvalue weighted by Crippen LogP contribution is -2.09. The fraction of sp³-hybridized carbons (Fsp3) is 0.333. The van der Waals surface area contributed by atoms with Gasteiger partial charge in [-0.15, -0.1) is 0 Å². The summed E-state index contributed by atoms with van der Waals surface area (Å²) in [5, 5.41) is 5.74. The van der Waals surface area contributed by atoms with Crippen molar-refractivity contribution in [3.63, 3.8) is 0 Å². The summed E-state index contributed by atoms with van der Waals surface area (Å²) in [6.45, 7) is 0. The van der Waals surface area contributed by atoms with Crippen molar-refractivity contribution in [2.45, 2.75) is 17.2 Å². The lowest BCUT2D eigenvalue weighted by molar-refractivity contribution is 0.291. The van der Waals surface area contributed by atoms with Crippen LogP contribution in [0.4, 0.5) is 0 Å². The molecule has 2 rings (SSSR count). The molecule has 0 amide bonds. The van der Waals surface area contributed by atoms with Crippen molar-refractivity contribution in [2.24, 2.45) is 0 Å². The third kappa shape index (κ3) is 5.38. The maximum absolute atomic E-state index is 5.73. The molecule has 1 heterocycles. The molecule has 1 aromatic carbocycles. The molecule has 0 saturated heterocycles. The molecule has 2 aromatic rings. The Balaban J connectivity index is 1.64. The number of alkyl halides is 1. The van der Waals surface area contributed by atoms with Gasteiger partial charge in [0.05, 0.1) is 5.75 Å². The third-order valence-corrected chi connectivity index (χ3v) is 4.13. The molecule has 0 spiro atoms. The lowest BCUT2D eigenvalue weighted by Gasteiger charge is -2.12. The average Bonchev–Trinajstić information content (AvgIpc) is 2.82. The molecule has 0 aliphatic carbocycles. The van der Waals surface area contributed by atoms with Crippen LogP contribution in [0.1, 0.15) is 12.2 Å². The molecule has 1 aromatic heterocycles. The molecular weight excluding hydrogens is 346 g/mol. The van der Waals surface area contributed by atoms with Gasteiger partial charge in [-0.1, -0.05) is 18.2 Å². The predicted octanol–water partition coefficient (Wildman–Crippen LogP) is 3.89. The number of thioether (sulfide) groups is 1. The molecule has 1 atom stereocenters. The van der Waals surface area contributed by atoms with E-state index in [2.05, 4.69) is 31.1 Å². The smallest absolute Gasteiger partial charge is 0.213 e. The average molecular weight is 360 g/mol. The van der Waals surface area contributed by atoms with E-state index in [0.29, 0.717) is 4.77 Å². The van der Waals surface area contributed by atoms with E-state index in [0.717, 1.165) is 29.5 Å². The maximum atomic E-state index is 5.73. The Morgan fingerprint density at radius 3 is 2.79 bits per heavy atom. The van der Waals surface area contributed by atoms with Crippen LogP contribution in [0, 0.1) is 4.77 Å². The number of aromatic nitrogens is 3. The Morgan fingerprint density at radius 1 is 1.32 bits per heavy atom. The molecule has 0 saturated carbocycles. The second kappa shape index (κ2) is 7.72. The molecular formula is C12H14BrN3OS2. The second-order valence-corrected chi connectivity index (χ2v) is 6.31. The molecule has 0 fully saturated rings. The highest BCUT2D eigenvalue weighted by Gasteiger charge is 2.06. The van der Waals surface area contributed by atoms with E-state index in [1.165, 1.54) is 0 Å². The zero-order chi connectivity index (χ0) is 13.5. The first-order valence-corrected chi connectivity index (χ1v) is 8.29. The highest BCUT2D eigenvalue weighted by molar-refractivity contribution is 9.09. The van der Waals surface area contributed by atoms with Crippen LogP contribution in [-0.2, 0) is 5.75 Å². The van der Waals surface area contributed by atoms with E-state index in [1.54, 1.807) is 11.8 Å². The van der Waals surface area contributed by atoms with Gasteiger partial charge in [-0.2, -0.15) is 11.8 Å². The van der Waals surface area contributed by atoms with Crippen LogP contribution >= 0.6 is 39.9 Å². The molecule has 0 bridgehead atoms. The van der Waals surface area contributed by atoms with E-state index in [9.17, 15) is 0 Å². The van der Waals surface area contributed by atoms with Crippen molar-refractivity contribution in [3.8, 4) is 5.75 Å². The van der Waals surface area contributed by atoms with Gasteiger partial charge in [-0.25, -0.2) is 4.98 Å². The standard InChI is InChI=1S/C12H14BrN3OS2/c13-10(17-9-4-2-1-3-5-9)6-7-19-8-11-14-12(18)16-15-11/h1-5,10H,6-8H2,(H2,14,15,16,18). The highest BCUT2D eigenvalue weighted by atomic mass is 79.9. The Kier molecular flexibility index (Phi) is 5.93. The molecule has 19 heavy (non-hydrogen) atoms. The van der Waals surface area contributed by atoms with E-state index in [4.69, 9.17) is 17.0 Å². The summed E-state index contributed by atoms with van der Waals surface area (Å²) in [4.78, 5) is 4.13. The molecule has 0 radical (unpaired) electrons. The van der Waals surface area contributed by atoms with Crippen molar-refractivity contribution in [2.75, 3.05) is 5.75 Å². The molecule has 102 valence electrons. The Morgan fingerprint density at radius 2 is 2.11 bits per heavy atom. The van der Waals surface area contributed by atoms with Gasteiger partial charge in [-0.05, 0) is 46.0 Å². The number of aromatic amines is 2. The van der Waals surface area contributed by atoms with Crippen LogP contribution in [0.25, 0.3) is 0 Å². The summed E-state index contributed by atoms with van der Waals surface area (Å²) in [5.41, 5.74) is 0. The van der Waals surface area contributed by atoms with E-state index in [-0.39, 0.29) is 5.01 Å². The monoisotopic (exact) mass is 359 g/mol. The second-order valence-electron chi connectivity index (χ2n) is 3.80. The van der Waals surface area contributed by atoms with Gasteiger partial charge in [0.15, 0.2) is 5.01 Å². The number of hydrogen-bond acceptors (Lipinski definition) is 4. The summed E-state index contributed by atoms with van der Waals surface area (Å²) in [6, 6.07) is 9.79. The van der Waals surface area contributed by atoms with Crippen molar-refractivity contribution in [1.82, 2.24) is 15.2 Å². The summed E-state index contributed by atoms with van der Waals surface area (Å²) < 4.78 is 6.23. The van der Waals surface area contributed by atoms with Crippen molar-refractivity contribution in [3.05, 3.63) is 40.9 Å². The number of rotatable bonds is 7. The minimum Gasteiger partial charge on any atom is -0.479 e. The highest BCUT2D eigenvalue weighted by Crippen LogP contribution is 2.18. The van der Waals surface area contributed by atoms with Gasteiger partial charge in [0.25, 0.3) is 0 Å². The van der Waals surface area contributed by atoms with Gasteiger partial charge >= 0.3 is 0 Å². The van der Waals surface area contributed by atoms with Gasteiger partial charge in [0, 0.05) is 6.42 Å². The fourth-order valence-corrected chi connectivity index (χ4v) is 3.19. The van der Waals surface area contributed by atoms with Crippen LogP contribution in [0.3, 0.4) is 0 Å². The van der Waals surface area contributed by atoms with Crippen LogP contribution in [0.15, 0.2) is 30.3 Å². The molecule has 7 heteroatoms. The molecule has 0 aliphatic heterocycles. The number of benzene rings is 1. The van der Waals surface area contributed by atoms with Crippen LogP contribution in [-0.4, -0.2) is 25.9 Å². The maximum Gasteiger partial charge on any atom is 0.213 e. The van der Waals surface area contributed by atoms with Gasteiger partial charge in [-0.3, -0.25) is 10.2 Å². The topological polar surface area (TPSA) is 53.7 Å². The zero-order valence-corrected chi connectivity index (χ0v) is 13.4. The quantitative estimate of drug-likeness (QED) is 0.447. The van der Waals surface area contributed by atoms with E-state index >= 15 is 0 Å². The zero-order valence-electron chi connectivity index (χ0n) is 10.1. The first-order chi connectivity index (χ1) is 9.24. The molecule has 0 aliphatic rings. The Bertz CT molecular complexity index is 543. The number of nitrogens with zero attached hydrogens (tertiary/aromatic N) is 1. The minimum atomic E-state index is 0.0278. The first kappa shape index (κ1) is 14.6. The Labute approximate surface area is 129 Å². The summed E-state index contributed by atoms with van der Waals surface area (Å²) >= 11 is 10.2. The van der Waals surface area contributed by atoms with Gasteiger partial charge in [0.1, 0.15) is 11.6 Å². The van der Waals surface area contributed by atoms with Crippen LogP contribution < -0.4 is 4.74 Å². The van der Waals surface area contributed by atoms with E-state index in [1.807, 2.05) is 30.3 Å². The number of halogens is 1. The number of ether oxygens (including phenoxy) is 1. The summed E-state index contributed by atoms with van der Waals surface area (Å²) in [6.07, 6.45) is 0.921. The largest absolute Gasteiger partial charge is 0.479 e. The Hall–Kier alpha value is -0.790. The van der Waals surface area contributed by atoms with Gasteiger partial charge in [0.2, 0.25) is 4.77 Å². The molecule has 4 nitrogen and oxygen atoms in total. The summed E-state index contributed by atoms with van der Waals surface area (Å²) in [7, 11) is 0. The molecule has 2 N–H and O–H groups in total.